The summed E-state index contributed by atoms with van der Waals surface area (Å²) < 4.78 is 16.2. The summed E-state index contributed by atoms with van der Waals surface area (Å²) in [6.07, 6.45) is 2.57. The summed E-state index contributed by atoms with van der Waals surface area (Å²) >= 11 is 0. The largest absolute Gasteiger partial charge is 0.511 e. The van der Waals surface area contributed by atoms with E-state index in [0.29, 0.717) is 25.0 Å². The fraction of sp³-hybridized carbons (Fsp3) is 0.603. The molecule has 0 spiro atoms. The van der Waals surface area contributed by atoms with Crippen molar-refractivity contribution in [3.8, 4) is 11.1 Å². The van der Waals surface area contributed by atoms with Crippen LogP contribution in [0.1, 0.15) is 174 Å². The number of nitrogens with one attached hydrogen (secondary N) is 11. The van der Waals surface area contributed by atoms with Crippen molar-refractivity contribution in [2.45, 2.75) is 217 Å². The van der Waals surface area contributed by atoms with Crippen LogP contribution in [0.15, 0.2) is 77.5 Å². The molecule has 612 valence electrons. The topological polar surface area (TPSA) is 438 Å². The molecule has 4 heterocycles. The van der Waals surface area contributed by atoms with Crippen molar-refractivity contribution >= 4 is 110 Å². The highest BCUT2D eigenvalue weighted by molar-refractivity contribution is 8.76. The fourth-order valence-corrected chi connectivity index (χ4v) is 16.8. The molecule has 8 rings (SSSR count). The molecule has 8 atom stereocenters. The summed E-state index contributed by atoms with van der Waals surface area (Å²) in [7, 11) is 1.96. The van der Waals surface area contributed by atoms with Gasteiger partial charge in [-0.15, -0.1) is 0 Å². The number of aliphatic imine (C=N–C) groups is 1. The van der Waals surface area contributed by atoms with Crippen molar-refractivity contribution in [1.29, 1.82) is 0 Å². The molecule has 0 aromatic heterocycles. The van der Waals surface area contributed by atoms with Crippen LogP contribution < -0.4 is 58.5 Å². The monoisotopic (exact) mass is 1590 g/mol. The quantitative estimate of drug-likeness (QED) is 0.0208. The second kappa shape index (κ2) is 42.8. The average Bonchev–Trinajstić information content (AvgIpc) is 1.58. The Morgan fingerprint density at radius 1 is 0.580 bits per heavy atom. The summed E-state index contributed by atoms with van der Waals surface area (Å²) in [5, 5.41) is 40.8. The zero-order valence-corrected chi connectivity index (χ0v) is 66.5. The van der Waals surface area contributed by atoms with Crippen molar-refractivity contribution in [1.82, 2.24) is 68.3 Å². The van der Waals surface area contributed by atoms with Gasteiger partial charge in [-0.3, -0.25) is 57.7 Å². The minimum atomic E-state index is -1.55. The van der Waals surface area contributed by atoms with Crippen LogP contribution in [0.5, 0.6) is 0 Å². The number of carbonyl (C=O) groups excluding carboxylic acids is 14. The molecule has 4 aliphatic heterocycles. The molecule has 13 amide bonds. The summed E-state index contributed by atoms with van der Waals surface area (Å²) in [5.41, 5.74) is 3.43. The van der Waals surface area contributed by atoms with Crippen LogP contribution in [0.25, 0.3) is 11.1 Å². The van der Waals surface area contributed by atoms with Gasteiger partial charge in [0.05, 0.1) is 18.7 Å². The van der Waals surface area contributed by atoms with E-state index in [1.807, 2.05) is 62.4 Å². The SMILES string of the molecule is C=CCOC(=O)NCCCC[C@@H]1NC(=O)[C@@H]2CSSC[C@H](NC(=O)[C@H](CCCCNC(=O)OCC3c4ccccc4-c4ccccc43)NC(=O)CNC(=O)[C@@H]3CCCN3C1=O)C(=O)N[C@@H](CCCCN=C(C)C1=C(O)CC(C)(C)CC1=O)C(=O)N1CCC[C@H]1C(=O)NCC(=O)N[C@@H](CCCCNC(=O)OC(C)(C)C)C(=O)N2. The lowest BCUT2D eigenvalue weighted by Crippen LogP contribution is -2.60. The van der Waals surface area contributed by atoms with E-state index in [1.165, 1.54) is 15.9 Å². The van der Waals surface area contributed by atoms with Crippen LogP contribution in [0.3, 0.4) is 0 Å². The lowest BCUT2D eigenvalue weighted by Gasteiger charge is -2.31. The molecule has 112 heavy (non-hydrogen) atoms. The van der Waals surface area contributed by atoms with Crippen LogP contribution >= 0.6 is 21.6 Å². The number of Topliss-reactive ketones (excluding diaryl/α,β-unsaturated/α-hetero) is 1. The van der Waals surface area contributed by atoms with Gasteiger partial charge in [0.15, 0.2) is 5.78 Å². The number of hydrogen-bond acceptors (Lipinski definition) is 21. The number of ketones is 1. The van der Waals surface area contributed by atoms with Gasteiger partial charge in [-0.1, -0.05) is 96.6 Å². The first-order valence-electron chi connectivity index (χ1n) is 38.8. The zero-order valence-electron chi connectivity index (χ0n) is 64.9. The highest BCUT2D eigenvalue weighted by atomic mass is 33.1. The van der Waals surface area contributed by atoms with Gasteiger partial charge in [0.2, 0.25) is 59.1 Å². The van der Waals surface area contributed by atoms with E-state index in [1.54, 1.807) is 27.7 Å². The predicted molar refractivity (Wildman–Crippen MR) is 420 cm³/mol. The minimum Gasteiger partial charge on any atom is -0.511 e. The van der Waals surface area contributed by atoms with Gasteiger partial charge in [-0.25, -0.2) is 14.4 Å². The van der Waals surface area contributed by atoms with Gasteiger partial charge in [0.25, 0.3) is 0 Å². The van der Waals surface area contributed by atoms with Crippen LogP contribution in [0.4, 0.5) is 14.4 Å². The van der Waals surface area contributed by atoms with Crippen LogP contribution in [-0.2, 0) is 67.0 Å². The Kier molecular flexibility index (Phi) is 33.6. The Morgan fingerprint density at radius 2 is 1.03 bits per heavy atom. The third-order valence-electron chi connectivity index (χ3n) is 20.0. The van der Waals surface area contributed by atoms with Crippen molar-refractivity contribution in [3.05, 3.63) is 83.6 Å². The number of benzene rings is 2. The highest BCUT2D eigenvalue weighted by Crippen LogP contribution is 2.45. The highest BCUT2D eigenvalue weighted by Gasteiger charge is 2.43. The molecule has 34 heteroatoms. The summed E-state index contributed by atoms with van der Waals surface area (Å²) in [5.74, 6) is -9.05. The lowest BCUT2D eigenvalue weighted by molar-refractivity contribution is -0.142. The molecule has 2 aromatic rings. The zero-order chi connectivity index (χ0) is 81.1. The molecule has 0 radical (unpaired) electrons. The number of hydrogen-bond donors (Lipinski definition) is 12. The van der Waals surface area contributed by atoms with E-state index in [9.17, 15) is 48.3 Å². The summed E-state index contributed by atoms with van der Waals surface area (Å²) in [6, 6.07) is 4.92. The van der Waals surface area contributed by atoms with Crippen LogP contribution in [0.2, 0.25) is 0 Å². The number of carbonyl (C=O) groups is 14. The van der Waals surface area contributed by atoms with Crippen molar-refractivity contribution in [2.75, 3.05) is 77.1 Å². The predicted octanol–water partition coefficient (Wildman–Crippen LogP) is 4.84. The van der Waals surface area contributed by atoms with Crippen molar-refractivity contribution in [3.63, 3.8) is 0 Å². The van der Waals surface area contributed by atoms with E-state index in [2.05, 4.69) is 70.1 Å². The molecule has 12 N–H and O–H groups in total. The molecule has 2 aliphatic carbocycles. The maximum atomic E-state index is 15.3. The number of fused-ring (bicyclic) bond motifs is 10. The maximum absolute atomic E-state index is 15.3. The van der Waals surface area contributed by atoms with E-state index < -0.39 is 150 Å². The Labute approximate surface area is 661 Å². The van der Waals surface area contributed by atoms with Crippen molar-refractivity contribution < 1.29 is 86.4 Å². The molecular weight excluding hydrogens is 1490 g/mol. The van der Waals surface area contributed by atoms with Crippen LogP contribution in [0, 0.1) is 5.41 Å². The number of nitrogens with zero attached hydrogens (tertiary/aromatic N) is 3. The standard InChI is InChI=1S/C78H110N14O18S2/c1-8-39-108-74(105)80-34-20-16-30-56-73(104)92-38-22-32-60(92)71(102)83-42-63(95)85-53(27-13-18-35-81-75(106)109-44-52-50-25-11-9-23-48(50)49-24-10-12-26-51(49)52)66(97)89-57-45-111-112-46-58(69(100)88-56)90-67(98)54(28-14-19-36-82-76(107)110-77(3,4)5)86-64(96)43-84-70(101)59-31-21-37-91(59)72(103)55(87-68(57)99)29-15-17-33-79-47(2)65-61(93)40-78(6,7)41-62(65)94/h8-12,23-26,52-60,93H,1,13-22,27-46H2,2-7H3,(H,80,105)(H,81,106)(H,82,107)(H,83,102)(H,84,101)(H,85,95)(H,86,96)(H,87,99)(H,88,100)(H,89,97)(H,90,98)/t53-,54-,55-,56-,57-,58-,59-,60-/m0/s1. The molecule has 4 fully saturated rings. The van der Waals surface area contributed by atoms with E-state index in [-0.39, 0.29) is 183 Å². The number of aliphatic hydroxyl groups excluding tert-OH is 1. The molecular formula is C78H110N14O18S2. The maximum Gasteiger partial charge on any atom is 0.407 e. The minimum absolute atomic E-state index is 0.0385. The summed E-state index contributed by atoms with van der Waals surface area (Å²) in [4.78, 5) is 206. The molecule has 0 saturated carbocycles. The first-order chi connectivity index (χ1) is 53.5. The molecule has 32 nitrogen and oxygen atoms in total. The molecule has 2 aromatic carbocycles. The smallest absolute Gasteiger partial charge is 0.407 e. The number of allylic oxidation sites excluding steroid dienone is 2. The van der Waals surface area contributed by atoms with Gasteiger partial charge < -0.3 is 87.6 Å². The Hall–Kier alpha value is -9.73. The first-order valence-corrected chi connectivity index (χ1v) is 41.2. The van der Waals surface area contributed by atoms with Gasteiger partial charge in [-0.05, 0) is 158 Å². The van der Waals surface area contributed by atoms with Crippen molar-refractivity contribution in [2.24, 2.45) is 10.4 Å². The third-order valence-corrected chi connectivity index (χ3v) is 22.4. The number of ether oxygens (including phenoxy) is 3. The van der Waals surface area contributed by atoms with Gasteiger partial charge >= 0.3 is 18.3 Å². The molecule has 2 bridgehead atoms. The van der Waals surface area contributed by atoms with E-state index in [0.717, 1.165) is 43.8 Å². The lowest BCUT2D eigenvalue weighted by atomic mass is 9.76. The number of alkyl carbamates (subject to hydrolysis) is 3. The van der Waals surface area contributed by atoms with Crippen LogP contribution in [-0.4, -0.2) is 235 Å². The second-order valence-electron chi connectivity index (χ2n) is 30.6. The Balaban J connectivity index is 1.10. The second-order valence-corrected chi connectivity index (χ2v) is 33.1. The molecule has 6 aliphatic rings. The number of amides is 13. The fourth-order valence-electron chi connectivity index (χ4n) is 14.4. The van der Waals surface area contributed by atoms with Gasteiger partial charge in [-0.2, -0.15) is 0 Å². The normalized spacial score (nSPS) is 23.5. The Morgan fingerprint density at radius 3 is 1.49 bits per heavy atom. The van der Waals surface area contributed by atoms with E-state index >= 15 is 24.0 Å². The van der Waals surface area contributed by atoms with Gasteiger partial charge in [0.1, 0.15) is 72.9 Å². The third kappa shape index (κ3) is 26.5. The summed E-state index contributed by atoms with van der Waals surface area (Å²) in [6.45, 7) is 13.3. The Bertz CT molecular complexity index is 3780. The average molecular weight is 1600 g/mol. The molecule has 4 saturated heterocycles. The number of rotatable bonds is 25. The molecule has 0 unspecified atom stereocenters. The van der Waals surface area contributed by atoms with Gasteiger partial charge in [0, 0.05) is 75.2 Å². The van der Waals surface area contributed by atoms with E-state index in [4.69, 9.17) is 14.2 Å². The number of unbranched alkanes of at least 4 members (excludes halogenated alkanes) is 4. The number of aliphatic hydroxyl groups is 1. The first kappa shape index (κ1) is 87.8.